The number of rotatable bonds is 7. The lowest BCUT2D eigenvalue weighted by Gasteiger charge is -2.16. The molecule has 0 aromatic heterocycles. The lowest BCUT2D eigenvalue weighted by atomic mass is 10.1. The first-order chi connectivity index (χ1) is 8.97. The van der Waals surface area contributed by atoms with Crippen molar-refractivity contribution < 1.29 is 10.0 Å². The molecule has 1 rings (SSSR count). The third-order valence-corrected chi connectivity index (χ3v) is 4.26. The first kappa shape index (κ1) is 15.8. The summed E-state index contributed by atoms with van der Waals surface area (Å²) < 4.78 is 0. The van der Waals surface area contributed by atoms with Crippen LogP contribution in [0, 0.1) is 10.1 Å². The summed E-state index contributed by atoms with van der Waals surface area (Å²) in [5, 5.41) is 23.6. The Morgan fingerprint density at radius 2 is 2.16 bits per heavy atom. The van der Waals surface area contributed by atoms with Gasteiger partial charge in [-0.05, 0) is 19.4 Å². The Labute approximate surface area is 117 Å². The molecule has 0 fully saturated rings. The molecule has 5 nitrogen and oxygen atoms in total. The second kappa shape index (κ2) is 7.35. The summed E-state index contributed by atoms with van der Waals surface area (Å²) in [5.41, 5.74) is 1.58. The zero-order valence-electron chi connectivity index (χ0n) is 11.4. The number of nitrogens with one attached hydrogen (secondary N) is 1. The van der Waals surface area contributed by atoms with Gasteiger partial charge < -0.3 is 10.4 Å². The molecule has 0 bridgehead atoms. The zero-order chi connectivity index (χ0) is 14.4. The van der Waals surface area contributed by atoms with E-state index in [1.165, 1.54) is 6.07 Å². The highest BCUT2D eigenvalue weighted by Gasteiger charge is 2.18. The van der Waals surface area contributed by atoms with Crippen LogP contribution in [0.2, 0.25) is 0 Å². The van der Waals surface area contributed by atoms with Gasteiger partial charge in [0.15, 0.2) is 0 Å². The quantitative estimate of drug-likeness (QED) is 0.594. The molecule has 106 valence electrons. The van der Waals surface area contributed by atoms with Crippen molar-refractivity contribution in [2.24, 2.45) is 0 Å². The minimum atomic E-state index is -0.397. The van der Waals surface area contributed by atoms with Gasteiger partial charge >= 0.3 is 0 Å². The molecule has 6 heteroatoms. The molecule has 2 N–H and O–H groups in total. The number of nitro benzene ring substituents is 1. The molecule has 0 saturated carbocycles. The summed E-state index contributed by atoms with van der Waals surface area (Å²) in [6.45, 7) is 6.23. The van der Waals surface area contributed by atoms with E-state index in [1.54, 1.807) is 24.8 Å². The summed E-state index contributed by atoms with van der Waals surface area (Å²) in [6, 6.07) is 5.08. The van der Waals surface area contributed by atoms with Crippen molar-refractivity contribution in [2.75, 3.05) is 11.9 Å². The molecular formula is C13H20N2O3S. The highest BCUT2D eigenvalue weighted by atomic mass is 32.2. The van der Waals surface area contributed by atoms with Gasteiger partial charge in [0.05, 0.1) is 11.0 Å². The Kier molecular flexibility index (Phi) is 6.11. The maximum absolute atomic E-state index is 11.0. The molecule has 19 heavy (non-hydrogen) atoms. The van der Waals surface area contributed by atoms with Crippen LogP contribution < -0.4 is 5.32 Å². The number of thioether (sulfide) groups is 1. The van der Waals surface area contributed by atoms with Gasteiger partial charge in [0, 0.05) is 23.6 Å². The molecule has 0 amide bonds. The van der Waals surface area contributed by atoms with Gasteiger partial charge in [0.1, 0.15) is 5.69 Å². The molecule has 2 atom stereocenters. The number of aliphatic hydroxyl groups is 1. The van der Waals surface area contributed by atoms with Crippen molar-refractivity contribution in [3.8, 4) is 0 Å². The first-order valence-electron chi connectivity index (χ1n) is 6.27. The maximum atomic E-state index is 11.0. The average Bonchev–Trinajstić information content (AvgIpc) is 2.36. The number of benzene rings is 1. The Balaban J connectivity index is 2.93. The smallest absolute Gasteiger partial charge is 0.292 e. The summed E-state index contributed by atoms with van der Waals surface area (Å²) in [7, 11) is 0. The van der Waals surface area contributed by atoms with Crippen LogP contribution in [0.1, 0.15) is 26.3 Å². The van der Waals surface area contributed by atoms with E-state index >= 15 is 0 Å². The fourth-order valence-electron chi connectivity index (χ4n) is 1.60. The summed E-state index contributed by atoms with van der Waals surface area (Å²) in [4.78, 5) is 10.6. The maximum Gasteiger partial charge on any atom is 0.292 e. The van der Waals surface area contributed by atoms with Crippen molar-refractivity contribution in [2.45, 2.75) is 37.9 Å². The largest absolute Gasteiger partial charge is 0.392 e. The lowest BCUT2D eigenvalue weighted by Crippen LogP contribution is -2.15. The average molecular weight is 284 g/mol. The minimum Gasteiger partial charge on any atom is -0.392 e. The fourth-order valence-corrected chi connectivity index (χ4v) is 2.56. The number of aliphatic hydroxyl groups excluding tert-OH is 1. The van der Waals surface area contributed by atoms with Crippen molar-refractivity contribution >= 4 is 23.1 Å². The number of hydrogen-bond donors (Lipinski definition) is 2. The normalized spacial score (nSPS) is 13.9. The van der Waals surface area contributed by atoms with Gasteiger partial charge in [-0.15, -0.1) is 0 Å². The second-order valence-electron chi connectivity index (χ2n) is 4.36. The van der Waals surface area contributed by atoms with Crippen molar-refractivity contribution in [3.05, 3.63) is 33.9 Å². The Bertz CT molecular complexity index is 438. The number of hydrogen-bond acceptors (Lipinski definition) is 5. The number of para-hydroxylation sites is 1. The Morgan fingerprint density at radius 1 is 1.47 bits per heavy atom. The van der Waals surface area contributed by atoms with Crippen LogP contribution in [-0.2, 0) is 5.75 Å². The van der Waals surface area contributed by atoms with E-state index in [4.69, 9.17) is 0 Å². The Hall–Kier alpha value is -1.27. The highest BCUT2D eigenvalue weighted by molar-refractivity contribution is 7.99. The first-order valence-corrected chi connectivity index (χ1v) is 7.32. The van der Waals surface area contributed by atoms with Gasteiger partial charge in [-0.25, -0.2) is 0 Å². The van der Waals surface area contributed by atoms with Gasteiger partial charge in [-0.1, -0.05) is 19.1 Å². The van der Waals surface area contributed by atoms with Crippen LogP contribution >= 0.6 is 11.8 Å². The van der Waals surface area contributed by atoms with Crippen LogP contribution in [0.5, 0.6) is 0 Å². The van der Waals surface area contributed by atoms with E-state index in [2.05, 4.69) is 5.32 Å². The van der Waals surface area contributed by atoms with Crippen molar-refractivity contribution in [3.63, 3.8) is 0 Å². The van der Waals surface area contributed by atoms with Gasteiger partial charge in [0.2, 0.25) is 0 Å². The van der Waals surface area contributed by atoms with Gasteiger partial charge in [-0.2, -0.15) is 11.8 Å². The van der Waals surface area contributed by atoms with E-state index in [1.807, 2.05) is 19.9 Å². The van der Waals surface area contributed by atoms with Crippen LogP contribution in [0.25, 0.3) is 0 Å². The third kappa shape index (κ3) is 4.40. The van der Waals surface area contributed by atoms with Crippen LogP contribution in [0.3, 0.4) is 0 Å². The van der Waals surface area contributed by atoms with Crippen LogP contribution in [0.15, 0.2) is 18.2 Å². The number of nitrogens with zero attached hydrogens (tertiary/aromatic N) is 1. The van der Waals surface area contributed by atoms with E-state index in [0.717, 1.165) is 5.56 Å². The Morgan fingerprint density at radius 3 is 2.68 bits per heavy atom. The molecule has 1 aromatic carbocycles. The lowest BCUT2D eigenvalue weighted by molar-refractivity contribution is -0.384. The summed E-state index contributed by atoms with van der Waals surface area (Å²) in [6.07, 6.45) is -0.397. The van der Waals surface area contributed by atoms with E-state index in [0.29, 0.717) is 18.0 Å². The molecule has 0 heterocycles. The molecule has 0 aliphatic carbocycles. The molecule has 0 aliphatic rings. The van der Waals surface area contributed by atoms with E-state index < -0.39 is 6.10 Å². The van der Waals surface area contributed by atoms with E-state index in [-0.39, 0.29) is 15.9 Å². The summed E-state index contributed by atoms with van der Waals surface area (Å²) >= 11 is 1.59. The molecule has 0 spiro atoms. The third-order valence-electron chi connectivity index (χ3n) is 2.86. The van der Waals surface area contributed by atoms with Gasteiger partial charge in [0.25, 0.3) is 5.69 Å². The second-order valence-corrected chi connectivity index (χ2v) is 5.72. The van der Waals surface area contributed by atoms with Crippen molar-refractivity contribution in [1.29, 1.82) is 0 Å². The summed E-state index contributed by atoms with van der Waals surface area (Å²) in [5.74, 6) is 0.635. The molecule has 0 saturated heterocycles. The topological polar surface area (TPSA) is 75.4 Å². The van der Waals surface area contributed by atoms with Crippen LogP contribution in [-0.4, -0.2) is 27.9 Å². The zero-order valence-corrected chi connectivity index (χ0v) is 12.2. The van der Waals surface area contributed by atoms with Crippen molar-refractivity contribution in [1.82, 2.24) is 0 Å². The fraction of sp³-hybridized carbons (Fsp3) is 0.538. The minimum absolute atomic E-state index is 0.0914. The number of anilines is 1. The molecule has 0 aliphatic heterocycles. The SMILES string of the molecule is CCNc1c(CSC(C)C(C)O)cccc1[N+](=O)[O-]. The van der Waals surface area contributed by atoms with Gasteiger partial charge in [-0.3, -0.25) is 10.1 Å². The molecular weight excluding hydrogens is 264 g/mol. The standard InChI is InChI=1S/C13H20N2O3S/c1-4-14-13-11(8-19-10(3)9(2)16)6-5-7-12(13)15(17)18/h5-7,9-10,14,16H,4,8H2,1-3H3. The van der Waals surface area contributed by atoms with E-state index in [9.17, 15) is 15.2 Å². The molecule has 2 unspecified atom stereocenters. The monoisotopic (exact) mass is 284 g/mol. The molecule has 0 radical (unpaired) electrons. The predicted molar refractivity (Wildman–Crippen MR) is 79.7 cm³/mol. The highest BCUT2D eigenvalue weighted by Crippen LogP contribution is 2.32. The van der Waals surface area contributed by atoms with Crippen LogP contribution in [0.4, 0.5) is 11.4 Å². The number of nitro groups is 1. The predicted octanol–water partition coefficient (Wildman–Crippen LogP) is 3.03. The molecule has 1 aromatic rings.